The molecule has 8 heteroatoms. The normalized spacial score (nSPS) is 12.3. The Morgan fingerprint density at radius 2 is 1.71 bits per heavy atom. The first-order valence-electron chi connectivity index (χ1n) is 9.71. The molecule has 2 amide bonds. The highest BCUT2D eigenvalue weighted by atomic mass is 16.5. The molecule has 0 aliphatic heterocycles. The van der Waals surface area contributed by atoms with E-state index in [1.165, 1.54) is 20.1 Å². The highest BCUT2D eigenvalue weighted by Crippen LogP contribution is 2.14. The van der Waals surface area contributed by atoms with Crippen LogP contribution in [0, 0.1) is 17.2 Å². The zero-order valence-electron chi connectivity index (χ0n) is 17.8. The SMILES string of the molecule is COc1ccc(C(=O)N[C@H](C(=O)O[C@@H](C)C(=O)Nc2cccc(C#N)c2)C(C)C)cc1. The molecule has 2 rings (SSSR count). The van der Waals surface area contributed by atoms with E-state index >= 15 is 0 Å². The molecule has 0 bridgehead atoms. The van der Waals surface area contributed by atoms with Crippen LogP contribution in [0.25, 0.3) is 0 Å². The minimum atomic E-state index is -1.10. The van der Waals surface area contributed by atoms with Crippen molar-refractivity contribution in [3.8, 4) is 11.8 Å². The van der Waals surface area contributed by atoms with Crippen molar-refractivity contribution in [1.82, 2.24) is 5.32 Å². The summed E-state index contributed by atoms with van der Waals surface area (Å²) in [5.74, 6) is -1.37. The number of methoxy groups -OCH3 is 1. The summed E-state index contributed by atoms with van der Waals surface area (Å²) < 4.78 is 10.4. The van der Waals surface area contributed by atoms with Gasteiger partial charge in [-0.2, -0.15) is 5.26 Å². The van der Waals surface area contributed by atoms with Crippen LogP contribution in [-0.4, -0.2) is 37.0 Å². The number of benzene rings is 2. The van der Waals surface area contributed by atoms with Crippen LogP contribution in [0.1, 0.15) is 36.7 Å². The third-order valence-corrected chi connectivity index (χ3v) is 4.48. The Labute approximate surface area is 181 Å². The number of nitrogens with zero attached hydrogens (tertiary/aromatic N) is 1. The summed E-state index contributed by atoms with van der Waals surface area (Å²) >= 11 is 0. The number of carbonyl (C=O) groups excluding carboxylic acids is 3. The molecule has 2 N–H and O–H groups in total. The molecule has 2 atom stereocenters. The molecule has 162 valence electrons. The highest BCUT2D eigenvalue weighted by Gasteiger charge is 2.29. The van der Waals surface area contributed by atoms with E-state index in [4.69, 9.17) is 14.7 Å². The molecule has 0 radical (unpaired) electrons. The Morgan fingerprint density at radius 1 is 1.03 bits per heavy atom. The summed E-state index contributed by atoms with van der Waals surface area (Å²) in [4.78, 5) is 37.5. The van der Waals surface area contributed by atoms with Crippen LogP contribution < -0.4 is 15.4 Å². The van der Waals surface area contributed by atoms with E-state index in [0.29, 0.717) is 22.6 Å². The average molecular weight is 423 g/mol. The number of rotatable bonds is 8. The molecule has 2 aromatic carbocycles. The molecule has 0 unspecified atom stereocenters. The second-order valence-electron chi connectivity index (χ2n) is 7.18. The number of ether oxygens (including phenoxy) is 2. The maximum Gasteiger partial charge on any atom is 0.329 e. The molecule has 0 aromatic heterocycles. The predicted octanol–water partition coefficient (Wildman–Crippen LogP) is 2.89. The van der Waals surface area contributed by atoms with Gasteiger partial charge in [0.2, 0.25) is 0 Å². The Balaban J connectivity index is 2.00. The molecule has 31 heavy (non-hydrogen) atoms. The van der Waals surface area contributed by atoms with Gasteiger partial charge in [-0.25, -0.2) is 4.79 Å². The van der Waals surface area contributed by atoms with Gasteiger partial charge >= 0.3 is 5.97 Å². The minimum absolute atomic E-state index is 0.266. The van der Waals surface area contributed by atoms with Crippen molar-refractivity contribution in [2.45, 2.75) is 32.9 Å². The van der Waals surface area contributed by atoms with Gasteiger partial charge in [-0.05, 0) is 55.3 Å². The molecule has 2 aromatic rings. The van der Waals surface area contributed by atoms with Gasteiger partial charge in [-0.1, -0.05) is 19.9 Å². The number of nitrogens with one attached hydrogen (secondary N) is 2. The number of hydrogen-bond acceptors (Lipinski definition) is 6. The van der Waals surface area contributed by atoms with Crippen molar-refractivity contribution in [3.63, 3.8) is 0 Å². The van der Waals surface area contributed by atoms with Crippen molar-refractivity contribution in [1.29, 1.82) is 5.26 Å². The largest absolute Gasteiger partial charge is 0.497 e. The summed E-state index contributed by atoms with van der Waals surface area (Å²) in [5.41, 5.74) is 1.17. The number of nitriles is 1. The standard InChI is InChI=1S/C23H25N3O5/c1-14(2)20(26-22(28)17-8-10-19(30-4)11-9-17)23(29)31-15(3)21(27)25-18-7-5-6-16(12-18)13-24/h5-12,14-15,20H,1-4H3,(H,25,27)(H,26,28)/t15-,20-/m0/s1. The fraction of sp³-hybridized carbons (Fsp3) is 0.304. The maximum absolute atomic E-state index is 12.6. The van der Waals surface area contributed by atoms with Crippen molar-refractivity contribution in [3.05, 3.63) is 59.7 Å². The highest BCUT2D eigenvalue weighted by molar-refractivity contribution is 5.98. The van der Waals surface area contributed by atoms with Crippen LogP contribution in [0.3, 0.4) is 0 Å². The zero-order chi connectivity index (χ0) is 23.0. The van der Waals surface area contributed by atoms with E-state index in [-0.39, 0.29) is 5.92 Å². The van der Waals surface area contributed by atoms with Crippen molar-refractivity contribution in [2.24, 2.45) is 5.92 Å². The third kappa shape index (κ3) is 6.57. The Hall–Kier alpha value is -3.86. The first-order chi connectivity index (χ1) is 14.7. The number of esters is 1. The first-order valence-corrected chi connectivity index (χ1v) is 9.71. The van der Waals surface area contributed by atoms with Crippen LogP contribution in [0.4, 0.5) is 5.69 Å². The summed E-state index contributed by atoms with van der Waals surface area (Å²) in [7, 11) is 1.53. The number of hydrogen-bond donors (Lipinski definition) is 2. The van der Waals surface area contributed by atoms with Crippen molar-refractivity contribution >= 4 is 23.5 Å². The van der Waals surface area contributed by atoms with Gasteiger partial charge < -0.3 is 20.1 Å². The molecule has 0 aliphatic carbocycles. The van der Waals surface area contributed by atoms with Gasteiger partial charge in [0.25, 0.3) is 11.8 Å². The van der Waals surface area contributed by atoms with E-state index in [9.17, 15) is 14.4 Å². The summed E-state index contributed by atoms with van der Waals surface area (Å²) in [6.07, 6.45) is -1.10. The molecule has 8 nitrogen and oxygen atoms in total. The van der Waals surface area contributed by atoms with Gasteiger partial charge in [-0.3, -0.25) is 9.59 Å². The maximum atomic E-state index is 12.6. The third-order valence-electron chi connectivity index (χ3n) is 4.48. The van der Waals surface area contributed by atoms with Crippen molar-refractivity contribution in [2.75, 3.05) is 12.4 Å². The average Bonchev–Trinajstić information content (AvgIpc) is 2.76. The number of anilines is 1. The summed E-state index contributed by atoms with van der Waals surface area (Å²) in [5, 5.41) is 14.2. The molecular weight excluding hydrogens is 398 g/mol. The molecular formula is C23H25N3O5. The van der Waals surface area contributed by atoms with Crippen LogP contribution in [0.5, 0.6) is 5.75 Å². The van der Waals surface area contributed by atoms with E-state index in [1.54, 1.807) is 56.3 Å². The fourth-order valence-electron chi connectivity index (χ4n) is 2.68. The van der Waals surface area contributed by atoms with Gasteiger partial charge in [0.05, 0.1) is 18.7 Å². The lowest BCUT2D eigenvalue weighted by Crippen LogP contribution is -2.47. The second kappa shape index (κ2) is 10.8. The summed E-state index contributed by atoms with van der Waals surface area (Å²) in [6.45, 7) is 4.96. The molecule has 0 aliphatic rings. The lowest BCUT2D eigenvalue weighted by Gasteiger charge is -2.23. The minimum Gasteiger partial charge on any atom is -0.497 e. The molecule has 0 spiro atoms. The van der Waals surface area contributed by atoms with E-state index in [1.807, 2.05) is 6.07 Å². The van der Waals surface area contributed by atoms with E-state index in [0.717, 1.165) is 0 Å². The van der Waals surface area contributed by atoms with Gasteiger partial charge in [0, 0.05) is 11.3 Å². The Bertz CT molecular complexity index is 979. The van der Waals surface area contributed by atoms with Crippen LogP contribution in [0.2, 0.25) is 0 Å². The molecule has 0 heterocycles. The quantitative estimate of drug-likeness (QED) is 0.631. The van der Waals surface area contributed by atoms with Crippen LogP contribution in [-0.2, 0) is 14.3 Å². The summed E-state index contributed by atoms with van der Waals surface area (Å²) in [6, 6.07) is 13.9. The molecule has 0 fully saturated rings. The lowest BCUT2D eigenvalue weighted by atomic mass is 10.0. The predicted molar refractivity (Wildman–Crippen MR) is 114 cm³/mol. The van der Waals surface area contributed by atoms with Gasteiger partial charge in [0.15, 0.2) is 6.10 Å². The van der Waals surface area contributed by atoms with Crippen LogP contribution in [0.15, 0.2) is 48.5 Å². The number of carbonyl (C=O) groups is 3. The zero-order valence-corrected chi connectivity index (χ0v) is 17.8. The fourth-order valence-corrected chi connectivity index (χ4v) is 2.68. The van der Waals surface area contributed by atoms with Gasteiger partial charge in [0.1, 0.15) is 11.8 Å². The second-order valence-corrected chi connectivity index (χ2v) is 7.18. The Kier molecular flexibility index (Phi) is 8.15. The van der Waals surface area contributed by atoms with E-state index in [2.05, 4.69) is 10.6 Å². The number of amides is 2. The molecule has 0 saturated carbocycles. The van der Waals surface area contributed by atoms with Crippen molar-refractivity contribution < 1.29 is 23.9 Å². The smallest absolute Gasteiger partial charge is 0.329 e. The first kappa shape index (κ1) is 23.4. The van der Waals surface area contributed by atoms with Gasteiger partial charge in [-0.15, -0.1) is 0 Å². The molecule has 0 saturated heterocycles. The topological polar surface area (TPSA) is 118 Å². The monoisotopic (exact) mass is 423 g/mol. The lowest BCUT2D eigenvalue weighted by molar-refractivity contribution is -0.156. The Morgan fingerprint density at radius 3 is 2.29 bits per heavy atom. The van der Waals surface area contributed by atoms with Crippen LogP contribution >= 0.6 is 0 Å². The van der Waals surface area contributed by atoms with E-state index < -0.39 is 29.9 Å².